The molecule has 94 valence electrons. The summed E-state index contributed by atoms with van der Waals surface area (Å²) >= 11 is 0. The Labute approximate surface area is 103 Å². The second kappa shape index (κ2) is 2.73. The van der Waals surface area contributed by atoms with Gasteiger partial charge in [-0.1, -0.05) is 20.8 Å². The molecule has 4 fully saturated rings. The Morgan fingerprint density at radius 2 is 2.06 bits per heavy atom. The highest BCUT2D eigenvalue weighted by molar-refractivity contribution is 5.75. The van der Waals surface area contributed by atoms with E-state index in [1.165, 1.54) is 25.7 Å². The van der Waals surface area contributed by atoms with E-state index < -0.39 is 0 Å². The molecule has 3 aliphatic carbocycles. The minimum Gasteiger partial charge on any atom is -0.461 e. The lowest BCUT2D eigenvalue weighted by molar-refractivity contribution is -0.149. The van der Waals surface area contributed by atoms with Crippen molar-refractivity contribution in [3.8, 4) is 0 Å². The van der Waals surface area contributed by atoms with Gasteiger partial charge in [-0.25, -0.2) is 0 Å². The van der Waals surface area contributed by atoms with Crippen LogP contribution in [0.1, 0.15) is 46.5 Å². The average molecular weight is 234 g/mol. The first-order valence-electron chi connectivity index (χ1n) is 7.16. The summed E-state index contributed by atoms with van der Waals surface area (Å²) in [5.41, 5.74) is 0.964. The minimum atomic E-state index is 0.0666. The smallest absolute Gasteiger partial charge is 0.309 e. The van der Waals surface area contributed by atoms with Crippen molar-refractivity contribution >= 4 is 5.97 Å². The molecule has 0 aromatic rings. The molecule has 0 aromatic carbocycles. The van der Waals surface area contributed by atoms with Gasteiger partial charge < -0.3 is 4.74 Å². The highest BCUT2D eigenvalue weighted by atomic mass is 16.6. The van der Waals surface area contributed by atoms with E-state index in [-0.39, 0.29) is 18.0 Å². The summed E-state index contributed by atoms with van der Waals surface area (Å²) < 4.78 is 5.78. The number of ether oxygens (including phenoxy) is 1. The van der Waals surface area contributed by atoms with Gasteiger partial charge >= 0.3 is 5.97 Å². The highest BCUT2D eigenvalue weighted by Crippen LogP contribution is 2.76. The topological polar surface area (TPSA) is 26.3 Å². The van der Waals surface area contributed by atoms with Gasteiger partial charge in [0.15, 0.2) is 0 Å². The summed E-state index contributed by atoms with van der Waals surface area (Å²) in [6, 6.07) is 0. The van der Waals surface area contributed by atoms with Gasteiger partial charge in [0.2, 0.25) is 0 Å². The molecule has 0 radical (unpaired) electrons. The van der Waals surface area contributed by atoms with E-state index in [1.54, 1.807) is 0 Å². The molecule has 3 saturated carbocycles. The average Bonchev–Trinajstić information content (AvgIpc) is 2.68. The van der Waals surface area contributed by atoms with E-state index in [9.17, 15) is 4.79 Å². The zero-order chi connectivity index (χ0) is 12.0. The summed E-state index contributed by atoms with van der Waals surface area (Å²) in [5.74, 6) is 2.29. The van der Waals surface area contributed by atoms with E-state index in [0.29, 0.717) is 22.7 Å². The molecular weight excluding hydrogens is 212 g/mol. The van der Waals surface area contributed by atoms with Gasteiger partial charge in [0.05, 0.1) is 5.92 Å². The van der Waals surface area contributed by atoms with Gasteiger partial charge in [-0.3, -0.25) is 4.79 Å². The van der Waals surface area contributed by atoms with Crippen LogP contribution in [0.5, 0.6) is 0 Å². The fourth-order valence-corrected chi connectivity index (χ4v) is 5.69. The number of carbonyl (C=O) groups excluding carboxylic acids is 1. The van der Waals surface area contributed by atoms with Crippen LogP contribution in [0.2, 0.25) is 0 Å². The number of hydrogen-bond donors (Lipinski definition) is 0. The van der Waals surface area contributed by atoms with Gasteiger partial charge in [-0.05, 0) is 42.4 Å². The van der Waals surface area contributed by atoms with Crippen molar-refractivity contribution < 1.29 is 9.53 Å². The fourth-order valence-electron chi connectivity index (χ4n) is 5.69. The molecule has 0 N–H and O–H groups in total. The first-order chi connectivity index (χ1) is 7.96. The van der Waals surface area contributed by atoms with Crippen LogP contribution >= 0.6 is 0 Å². The molecule has 1 aliphatic heterocycles. The lowest BCUT2D eigenvalue weighted by Crippen LogP contribution is -2.45. The second-order valence-electron chi connectivity index (χ2n) is 7.64. The van der Waals surface area contributed by atoms with Crippen molar-refractivity contribution in [2.24, 2.45) is 34.5 Å². The molecule has 4 aliphatic rings. The predicted molar refractivity (Wildman–Crippen MR) is 64.2 cm³/mol. The Morgan fingerprint density at radius 1 is 1.29 bits per heavy atom. The summed E-state index contributed by atoms with van der Waals surface area (Å²) in [5, 5.41) is 0. The second-order valence-corrected chi connectivity index (χ2v) is 7.64. The van der Waals surface area contributed by atoms with Crippen LogP contribution < -0.4 is 0 Å². The number of hydrogen-bond acceptors (Lipinski definition) is 2. The van der Waals surface area contributed by atoms with E-state index >= 15 is 0 Å². The van der Waals surface area contributed by atoms with Gasteiger partial charge in [-0.15, -0.1) is 0 Å². The number of carbonyl (C=O) groups is 1. The third-order valence-corrected chi connectivity index (χ3v) is 6.70. The Balaban J connectivity index is 1.74. The van der Waals surface area contributed by atoms with Crippen LogP contribution in [-0.4, -0.2) is 12.1 Å². The van der Waals surface area contributed by atoms with Crippen molar-refractivity contribution in [3.63, 3.8) is 0 Å². The molecule has 17 heavy (non-hydrogen) atoms. The zero-order valence-electron chi connectivity index (χ0n) is 11.0. The third-order valence-electron chi connectivity index (χ3n) is 6.70. The van der Waals surface area contributed by atoms with Crippen LogP contribution in [0.15, 0.2) is 0 Å². The third kappa shape index (κ3) is 1.06. The highest BCUT2D eigenvalue weighted by Gasteiger charge is 2.72. The fraction of sp³-hybridized carbons (Fsp3) is 0.933. The van der Waals surface area contributed by atoms with Gasteiger partial charge in [-0.2, -0.15) is 0 Å². The van der Waals surface area contributed by atoms with Crippen LogP contribution in [0, 0.1) is 34.5 Å². The standard InChI is InChI=1S/C15H22O2/c1-8-10-4-5-14(2)6-9-7-15(9,3)12(14)11(10)17-13(8)16/h8-12H,4-7H2,1-3H3/t8-,9+,10+,11-,12+,14-,15+/m1/s1. The maximum absolute atomic E-state index is 11.8. The predicted octanol–water partition coefficient (Wildman–Crippen LogP) is 3.01. The molecular formula is C15H22O2. The van der Waals surface area contributed by atoms with Gasteiger partial charge in [0, 0.05) is 11.8 Å². The van der Waals surface area contributed by atoms with Crippen LogP contribution in [0.3, 0.4) is 0 Å². The van der Waals surface area contributed by atoms with Gasteiger partial charge in [0.1, 0.15) is 6.10 Å². The Bertz CT molecular complexity index is 404. The first kappa shape index (κ1) is 10.4. The maximum Gasteiger partial charge on any atom is 0.309 e. The SMILES string of the molecule is C[C@H]1C(=O)O[C@@H]2[C@H]1CC[C@]1(C)C[C@H]3C[C@]3(C)[C@@H]21. The lowest BCUT2D eigenvalue weighted by Gasteiger charge is -2.46. The monoisotopic (exact) mass is 234 g/mol. The molecule has 0 aromatic heterocycles. The molecule has 0 bridgehead atoms. The quantitative estimate of drug-likeness (QED) is 0.602. The zero-order valence-corrected chi connectivity index (χ0v) is 11.0. The summed E-state index contributed by atoms with van der Waals surface area (Å²) in [6.45, 7) is 6.95. The number of rotatable bonds is 0. The molecule has 0 spiro atoms. The van der Waals surface area contributed by atoms with Crippen molar-refractivity contribution in [3.05, 3.63) is 0 Å². The number of esters is 1. The Morgan fingerprint density at radius 3 is 2.82 bits per heavy atom. The van der Waals surface area contributed by atoms with E-state index in [4.69, 9.17) is 4.74 Å². The lowest BCUT2D eigenvalue weighted by atomic mass is 9.59. The molecule has 0 amide bonds. The van der Waals surface area contributed by atoms with Crippen molar-refractivity contribution in [1.82, 2.24) is 0 Å². The normalized spacial score (nSPS) is 63.7. The van der Waals surface area contributed by atoms with Gasteiger partial charge in [0.25, 0.3) is 0 Å². The maximum atomic E-state index is 11.8. The molecule has 2 heteroatoms. The summed E-state index contributed by atoms with van der Waals surface area (Å²) in [4.78, 5) is 11.8. The molecule has 2 nitrogen and oxygen atoms in total. The molecule has 7 atom stereocenters. The number of fused-ring (bicyclic) bond motifs is 5. The first-order valence-corrected chi connectivity index (χ1v) is 7.16. The molecule has 4 rings (SSSR count). The van der Waals surface area contributed by atoms with E-state index in [1.807, 2.05) is 0 Å². The minimum absolute atomic E-state index is 0.0666. The molecule has 1 heterocycles. The largest absolute Gasteiger partial charge is 0.461 e. The van der Waals surface area contributed by atoms with Crippen LogP contribution in [0.4, 0.5) is 0 Å². The summed E-state index contributed by atoms with van der Waals surface area (Å²) in [6.07, 6.45) is 5.51. The molecule has 0 unspecified atom stereocenters. The van der Waals surface area contributed by atoms with Crippen molar-refractivity contribution in [2.45, 2.75) is 52.6 Å². The van der Waals surface area contributed by atoms with Crippen LogP contribution in [-0.2, 0) is 9.53 Å². The Kier molecular flexibility index (Phi) is 1.67. The van der Waals surface area contributed by atoms with Crippen molar-refractivity contribution in [2.75, 3.05) is 0 Å². The van der Waals surface area contributed by atoms with E-state index in [0.717, 1.165) is 5.92 Å². The van der Waals surface area contributed by atoms with Crippen molar-refractivity contribution in [1.29, 1.82) is 0 Å². The Hall–Kier alpha value is -0.530. The molecule has 1 saturated heterocycles. The van der Waals surface area contributed by atoms with E-state index in [2.05, 4.69) is 20.8 Å². The van der Waals surface area contributed by atoms with Crippen LogP contribution in [0.25, 0.3) is 0 Å². The summed E-state index contributed by atoms with van der Waals surface area (Å²) in [7, 11) is 0.